The largest absolute Gasteiger partial charge is 0.311 e. The monoisotopic (exact) mass is 288 g/mol. The summed E-state index contributed by atoms with van der Waals surface area (Å²) in [6.45, 7) is 14.8. The highest BCUT2D eigenvalue weighted by atomic mass is 15.3. The maximum atomic E-state index is 3.76. The van der Waals surface area contributed by atoms with Crippen LogP contribution in [-0.2, 0) is 6.54 Å². The molecule has 1 saturated heterocycles. The van der Waals surface area contributed by atoms with Gasteiger partial charge in [-0.3, -0.25) is 4.90 Å². The number of benzene rings is 1. The Bertz CT molecular complexity index is 469. The average Bonchev–Trinajstić information content (AvgIpc) is 2.47. The molecule has 1 aliphatic heterocycles. The van der Waals surface area contributed by atoms with E-state index in [0.717, 1.165) is 13.1 Å². The number of rotatable bonds is 5. The van der Waals surface area contributed by atoms with Crippen LogP contribution in [0, 0.1) is 13.8 Å². The van der Waals surface area contributed by atoms with E-state index in [2.05, 4.69) is 63.0 Å². The summed E-state index contributed by atoms with van der Waals surface area (Å²) in [6, 6.07) is 7.50. The summed E-state index contributed by atoms with van der Waals surface area (Å²) < 4.78 is 0. The minimum absolute atomic E-state index is 0.278. The Balaban J connectivity index is 2.18. The third-order valence-corrected chi connectivity index (χ3v) is 5.24. The minimum atomic E-state index is 0.278. The van der Waals surface area contributed by atoms with Crippen molar-refractivity contribution in [3.8, 4) is 0 Å². The van der Waals surface area contributed by atoms with E-state index in [1.165, 1.54) is 42.5 Å². The Kier molecular flexibility index (Phi) is 5.45. The molecule has 0 aromatic heterocycles. The molecule has 2 rings (SSSR count). The number of hydrogen-bond acceptors (Lipinski definition) is 2. The van der Waals surface area contributed by atoms with Crippen LogP contribution < -0.4 is 5.32 Å². The van der Waals surface area contributed by atoms with Crippen molar-refractivity contribution >= 4 is 0 Å². The van der Waals surface area contributed by atoms with E-state index in [4.69, 9.17) is 0 Å². The third-order valence-electron chi connectivity index (χ3n) is 5.24. The Morgan fingerprint density at radius 2 is 2.05 bits per heavy atom. The van der Waals surface area contributed by atoms with E-state index in [9.17, 15) is 0 Å². The molecule has 0 spiro atoms. The lowest BCUT2D eigenvalue weighted by Gasteiger charge is -2.48. The van der Waals surface area contributed by atoms with Gasteiger partial charge in [0.05, 0.1) is 0 Å². The van der Waals surface area contributed by atoms with Gasteiger partial charge in [-0.1, -0.05) is 44.0 Å². The zero-order chi connectivity index (χ0) is 15.5. The molecule has 0 aliphatic carbocycles. The first-order valence-electron chi connectivity index (χ1n) is 8.53. The molecular weight excluding hydrogens is 256 g/mol. The molecular formula is C19H32N2. The van der Waals surface area contributed by atoms with E-state index >= 15 is 0 Å². The summed E-state index contributed by atoms with van der Waals surface area (Å²) >= 11 is 0. The fourth-order valence-corrected chi connectivity index (χ4v) is 3.35. The van der Waals surface area contributed by atoms with E-state index in [1.54, 1.807) is 0 Å². The van der Waals surface area contributed by atoms with Crippen molar-refractivity contribution in [2.75, 3.05) is 13.1 Å². The maximum Gasteiger partial charge on any atom is 0.0307 e. The molecule has 0 saturated carbocycles. The van der Waals surface area contributed by atoms with Crippen molar-refractivity contribution in [1.82, 2.24) is 10.2 Å². The van der Waals surface area contributed by atoms with Crippen LogP contribution in [0.2, 0.25) is 0 Å². The molecule has 118 valence electrons. The number of aryl methyl sites for hydroxylation is 2. The van der Waals surface area contributed by atoms with Gasteiger partial charge in [0.15, 0.2) is 0 Å². The second-order valence-electron chi connectivity index (χ2n) is 7.03. The first-order chi connectivity index (χ1) is 9.98. The molecule has 2 heteroatoms. The highest BCUT2D eigenvalue weighted by Crippen LogP contribution is 2.27. The number of hydrogen-bond donors (Lipinski definition) is 1. The lowest BCUT2D eigenvalue weighted by molar-refractivity contribution is 0.0395. The Morgan fingerprint density at radius 1 is 1.29 bits per heavy atom. The minimum Gasteiger partial charge on any atom is -0.311 e. The summed E-state index contributed by atoms with van der Waals surface area (Å²) in [5.41, 5.74) is 4.56. The van der Waals surface area contributed by atoms with Crippen LogP contribution in [0.25, 0.3) is 0 Å². The van der Waals surface area contributed by atoms with Gasteiger partial charge < -0.3 is 5.32 Å². The lowest BCUT2D eigenvalue weighted by Crippen LogP contribution is -2.62. The van der Waals surface area contributed by atoms with Crippen LogP contribution in [0.4, 0.5) is 0 Å². The molecule has 0 amide bonds. The van der Waals surface area contributed by atoms with Gasteiger partial charge in [-0.05, 0) is 44.7 Å². The quantitative estimate of drug-likeness (QED) is 0.879. The molecule has 1 N–H and O–H groups in total. The topological polar surface area (TPSA) is 15.3 Å². The second-order valence-corrected chi connectivity index (χ2v) is 7.03. The van der Waals surface area contributed by atoms with Gasteiger partial charge in [0.1, 0.15) is 0 Å². The highest BCUT2D eigenvalue weighted by Gasteiger charge is 2.36. The molecule has 2 nitrogen and oxygen atoms in total. The van der Waals surface area contributed by atoms with E-state index in [0.29, 0.717) is 6.04 Å². The van der Waals surface area contributed by atoms with E-state index in [1.807, 2.05) is 0 Å². The maximum absolute atomic E-state index is 3.76. The van der Waals surface area contributed by atoms with Crippen molar-refractivity contribution in [1.29, 1.82) is 0 Å². The van der Waals surface area contributed by atoms with E-state index < -0.39 is 0 Å². The zero-order valence-corrected chi connectivity index (χ0v) is 14.5. The predicted octanol–water partition coefficient (Wildman–Crippen LogP) is 4.05. The Hall–Kier alpha value is -0.860. The van der Waals surface area contributed by atoms with Crippen molar-refractivity contribution in [3.63, 3.8) is 0 Å². The molecule has 2 unspecified atom stereocenters. The standard InChI is InChI=1S/C19H32N2/c1-6-8-18-13-21(19(5,7-2)14-20-18)12-17-11-15(3)9-10-16(17)4/h9-11,18,20H,6-8,12-14H2,1-5H3. The lowest BCUT2D eigenvalue weighted by atomic mass is 9.90. The van der Waals surface area contributed by atoms with E-state index in [-0.39, 0.29) is 5.54 Å². The highest BCUT2D eigenvalue weighted by molar-refractivity contribution is 5.30. The Labute approximate surface area is 130 Å². The summed E-state index contributed by atoms with van der Waals surface area (Å²) in [7, 11) is 0. The number of nitrogens with zero attached hydrogens (tertiary/aromatic N) is 1. The number of nitrogens with one attached hydrogen (secondary N) is 1. The van der Waals surface area contributed by atoms with Crippen molar-refractivity contribution in [3.05, 3.63) is 34.9 Å². The van der Waals surface area contributed by atoms with Crippen LogP contribution in [0.1, 0.15) is 56.7 Å². The molecule has 21 heavy (non-hydrogen) atoms. The van der Waals surface area contributed by atoms with Gasteiger partial charge >= 0.3 is 0 Å². The normalized spacial score (nSPS) is 27.0. The molecule has 0 radical (unpaired) electrons. The van der Waals surface area contributed by atoms with Crippen LogP contribution in [-0.4, -0.2) is 29.6 Å². The van der Waals surface area contributed by atoms with Gasteiger partial charge in [-0.15, -0.1) is 0 Å². The first-order valence-corrected chi connectivity index (χ1v) is 8.53. The van der Waals surface area contributed by atoms with Gasteiger partial charge in [0.2, 0.25) is 0 Å². The van der Waals surface area contributed by atoms with Gasteiger partial charge in [0.25, 0.3) is 0 Å². The smallest absolute Gasteiger partial charge is 0.0307 e. The average molecular weight is 288 g/mol. The molecule has 1 aromatic rings. The summed E-state index contributed by atoms with van der Waals surface area (Å²) in [5.74, 6) is 0. The van der Waals surface area contributed by atoms with Crippen molar-refractivity contribution in [2.24, 2.45) is 0 Å². The van der Waals surface area contributed by atoms with Crippen molar-refractivity contribution in [2.45, 2.75) is 72.0 Å². The molecule has 1 aliphatic rings. The molecule has 0 bridgehead atoms. The molecule has 1 heterocycles. The summed E-state index contributed by atoms with van der Waals surface area (Å²) in [4.78, 5) is 2.71. The zero-order valence-electron chi connectivity index (χ0n) is 14.5. The summed E-state index contributed by atoms with van der Waals surface area (Å²) in [5, 5.41) is 3.76. The van der Waals surface area contributed by atoms with Crippen molar-refractivity contribution < 1.29 is 0 Å². The van der Waals surface area contributed by atoms with Gasteiger partial charge in [-0.2, -0.15) is 0 Å². The van der Waals surface area contributed by atoms with Crippen LogP contribution in [0.5, 0.6) is 0 Å². The molecule has 2 atom stereocenters. The number of piperazine rings is 1. The fourth-order valence-electron chi connectivity index (χ4n) is 3.35. The fraction of sp³-hybridized carbons (Fsp3) is 0.684. The van der Waals surface area contributed by atoms with Gasteiger partial charge in [0, 0.05) is 31.2 Å². The van der Waals surface area contributed by atoms with Gasteiger partial charge in [-0.25, -0.2) is 0 Å². The first kappa shape index (κ1) is 16.5. The SMILES string of the molecule is CCCC1CN(Cc2cc(C)ccc2C)C(C)(CC)CN1. The third kappa shape index (κ3) is 3.87. The van der Waals surface area contributed by atoms with Crippen LogP contribution in [0.15, 0.2) is 18.2 Å². The molecule has 1 fully saturated rings. The van der Waals surface area contributed by atoms with Crippen LogP contribution >= 0.6 is 0 Å². The molecule has 1 aromatic carbocycles. The van der Waals surface area contributed by atoms with Crippen LogP contribution in [0.3, 0.4) is 0 Å². The Morgan fingerprint density at radius 3 is 2.71 bits per heavy atom. The second kappa shape index (κ2) is 6.93. The summed E-state index contributed by atoms with van der Waals surface area (Å²) in [6.07, 6.45) is 3.74. The predicted molar refractivity (Wildman–Crippen MR) is 91.7 cm³/mol.